The molecule has 21 heavy (non-hydrogen) atoms. The van der Waals surface area contributed by atoms with Crippen LogP contribution in [0.1, 0.15) is 41.5 Å². The molecule has 6 nitrogen and oxygen atoms in total. The molecule has 7 heteroatoms. The van der Waals surface area contributed by atoms with Gasteiger partial charge >= 0.3 is 11.9 Å². The van der Waals surface area contributed by atoms with Crippen LogP contribution in [0.3, 0.4) is 0 Å². The van der Waals surface area contributed by atoms with E-state index in [1.165, 1.54) is 6.92 Å². The third kappa shape index (κ3) is 5.24. The molecule has 0 aromatic rings. The topological polar surface area (TPSA) is 71.1 Å². The summed E-state index contributed by atoms with van der Waals surface area (Å²) in [6, 6.07) is 0. The van der Waals surface area contributed by atoms with Crippen molar-refractivity contribution in [1.82, 2.24) is 0 Å². The summed E-state index contributed by atoms with van der Waals surface area (Å²) in [6.45, 7) is 9.24. The smallest absolute Gasteiger partial charge is 0.303 e. The van der Waals surface area contributed by atoms with Crippen molar-refractivity contribution in [1.29, 1.82) is 0 Å². The molecular formula is C14H23FO6. The summed E-state index contributed by atoms with van der Waals surface area (Å²) in [6.07, 6.45) is -5.90. The van der Waals surface area contributed by atoms with Crippen LogP contribution < -0.4 is 0 Å². The van der Waals surface area contributed by atoms with E-state index < -0.39 is 48.3 Å². The maximum absolute atomic E-state index is 14.6. The average Bonchev–Trinajstić information content (AvgIpc) is 2.27. The van der Waals surface area contributed by atoms with E-state index in [9.17, 15) is 14.0 Å². The summed E-state index contributed by atoms with van der Waals surface area (Å²) < 4.78 is 35.5. The molecule has 0 saturated carbocycles. The molecule has 1 heterocycles. The van der Waals surface area contributed by atoms with Crippen LogP contribution in [-0.4, -0.2) is 48.3 Å². The van der Waals surface area contributed by atoms with Crippen LogP contribution in [-0.2, 0) is 28.5 Å². The van der Waals surface area contributed by atoms with E-state index in [0.29, 0.717) is 0 Å². The molecule has 122 valence electrons. The highest BCUT2D eigenvalue weighted by molar-refractivity contribution is 5.67. The summed E-state index contributed by atoms with van der Waals surface area (Å²) >= 11 is 0. The molecule has 0 aromatic carbocycles. The number of hydrogen-bond donors (Lipinski definition) is 0. The lowest BCUT2D eigenvalue weighted by atomic mass is 10.00. The van der Waals surface area contributed by atoms with Gasteiger partial charge in [-0.2, -0.15) is 0 Å². The van der Waals surface area contributed by atoms with Gasteiger partial charge in [0.25, 0.3) is 0 Å². The van der Waals surface area contributed by atoms with Crippen molar-refractivity contribution in [2.75, 3.05) is 0 Å². The van der Waals surface area contributed by atoms with Gasteiger partial charge in [-0.25, -0.2) is 4.39 Å². The SMILES string of the molecule is CC(=O)O[C@H]1[C@H](F)[C@H](OC(C)(C)C)O[C@@H](C)[C@H]1OC(C)=O. The first-order chi connectivity index (χ1) is 9.51. The van der Waals surface area contributed by atoms with E-state index in [1.807, 2.05) is 0 Å². The first-order valence-electron chi connectivity index (χ1n) is 6.83. The summed E-state index contributed by atoms with van der Waals surface area (Å²) in [5, 5.41) is 0. The molecule has 1 aliphatic rings. The minimum Gasteiger partial charge on any atom is -0.456 e. The fourth-order valence-corrected chi connectivity index (χ4v) is 2.09. The largest absolute Gasteiger partial charge is 0.456 e. The number of hydrogen-bond acceptors (Lipinski definition) is 6. The van der Waals surface area contributed by atoms with Crippen molar-refractivity contribution in [3.63, 3.8) is 0 Å². The number of esters is 2. The fraction of sp³-hybridized carbons (Fsp3) is 0.857. The predicted molar refractivity (Wildman–Crippen MR) is 71.2 cm³/mol. The molecular weight excluding hydrogens is 283 g/mol. The number of carbonyl (C=O) groups is 2. The molecule has 0 spiro atoms. The third-order valence-electron chi connectivity index (χ3n) is 2.78. The Labute approximate surface area is 123 Å². The Morgan fingerprint density at radius 3 is 1.95 bits per heavy atom. The number of alkyl halides is 1. The van der Waals surface area contributed by atoms with Crippen LogP contribution in [0, 0.1) is 0 Å². The Morgan fingerprint density at radius 1 is 1.05 bits per heavy atom. The zero-order valence-corrected chi connectivity index (χ0v) is 13.2. The van der Waals surface area contributed by atoms with Crippen molar-refractivity contribution in [2.24, 2.45) is 0 Å². The van der Waals surface area contributed by atoms with Crippen molar-refractivity contribution >= 4 is 11.9 Å². The monoisotopic (exact) mass is 306 g/mol. The van der Waals surface area contributed by atoms with E-state index in [-0.39, 0.29) is 0 Å². The van der Waals surface area contributed by atoms with Gasteiger partial charge in [0, 0.05) is 13.8 Å². The molecule has 1 rings (SSSR count). The minimum atomic E-state index is -1.76. The van der Waals surface area contributed by atoms with Gasteiger partial charge in [-0.3, -0.25) is 9.59 Å². The second-order valence-corrected chi connectivity index (χ2v) is 6.03. The molecule has 1 aliphatic heterocycles. The standard InChI is InChI=1S/C14H23FO6/c1-7-11(19-8(2)16)12(20-9(3)17)10(15)13(18-7)21-14(4,5)6/h7,10-13H,1-6H3/t7-,10-,11+,12-,13-/m0/s1. The van der Waals surface area contributed by atoms with E-state index in [1.54, 1.807) is 27.7 Å². The predicted octanol–water partition coefficient (Wildman–Crippen LogP) is 1.75. The van der Waals surface area contributed by atoms with E-state index in [2.05, 4.69) is 0 Å². The second-order valence-electron chi connectivity index (χ2n) is 6.03. The lowest BCUT2D eigenvalue weighted by molar-refractivity contribution is -0.304. The van der Waals surface area contributed by atoms with Gasteiger partial charge < -0.3 is 18.9 Å². The number of ether oxygens (including phenoxy) is 4. The Balaban J connectivity index is 2.95. The maximum atomic E-state index is 14.6. The van der Waals surface area contributed by atoms with Gasteiger partial charge in [-0.15, -0.1) is 0 Å². The average molecular weight is 306 g/mol. The van der Waals surface area contributed by atoms with E-state index in [0.717, 1.165) is 6.92 Å². The molecule has 0 aliphatic carbocycles. The first kappa shape index (κ1) is 17.8. The molecule has 0 bridgehead atoms. The molecule has 1 saturated heterocycles. The second kappa shape index (κ2) is 6.70. The summed E-state index contributed by atoms with van der Waals surface area (Å²) in [5.74, 6) is -1.27. The molecule has 5 atom stereocenters. The van der Waals surface area contributed by atoms with Crippen molar-refractivity contribution in [3.8, 4) is 0 Å². The molecule has 1 fully saturated rings. The Bertz CT molecular complexity index is 391. The number of halogens is 1. The molecule has 0 radical (unpaired) electrons. The fourth-order valence-electron chi connectivity index (χ4n) is 2.09. The van der Waals surface area contributed by atoms with Gasteiger partial charge in [-0.1, -0.05) is 0 Å². The number of rotatable bonds is 3. The normalized spacial score (nSPS) is 33.4. The van der Waals surface area contributed by atoms with E-state index >= 15 is 0 Å². The van der Waals surface area contributed by atoms with Crippen molar-refractivity contribution in [2.45, 2.75) is 77.9 Å². The quantitative estimate of drug-likeness (QED) is 0.740. The Kier molecular flexibility index (Phi) is 5.69. The molecule has 0 N–H and O–H groups in total. The Hall–Kier alpha value is -1.21. The van der Waals surface area contributed by atoms with E-state index in [4.69, 9.17) is 18.9 Å². The lowest BCUT2D eigenvalue weighted by Crippen LogP contribution is -2.59. The van der Waals surface area contributed by atoms with Crippen molar-refractivity contribution in [3.05, 3.63) is 0 Å². The molecule has 0 unspecified atom stereocenters. The highest BCUT2D eigenvalue weighted by atomic mass is 19.1. The van der Waals surface area contributed by atoms with Crippen LogP contribution in [0.2, 0.25) is 0 Å². The third-order valence-corrected chi connectivity index (χ3v) is 2.78. The van der Waals surface area contributed by atoms with Gasteiger partial charge in [-0.05, 0) is 27.7 Å². The summed E-state index contributed by atoms with van der Waals surface area (Å²) in [4.78, 5) is 22.3. The molecule has 0 aromatic heterocycles. The first-order valence-corrected chi connectivity index (χ1v) is 6.83. The molecule has 0 amide bonds. The summed E-state index contributed by atoms with van der Waals surface area (Å²) in [7, 11) is 0. The van der Waals surface area contributed by atoms with Gasteiger partial charge in [0.1, 0.15) is 0 Å². The minimum absolute atomic E-state index is 0.602. The highest BCUT2D eigenvalue weighted by Crippen LogP contribution is 2.31. The van der Waals surface area contributed by atoms with Crippen LogP contribution in [0.15, 0.2) is 0 Å². The zero-order chi connectivity index (χ0) is 16.4. The summed E-state index contributed by atoms with van der Waals surface area (Å²) in [5.41, 5.74) is -0.635. The highest BCUT2D eigenvalue weighted by Gasteiger charge is 2.50. The Morgan fingerprint density at radius 2 is 1.52 bits per heavy atom. The van der Waals surface area contributed by atoms with Gasteiger partial charge in [0.15, 0.2) is 24.7 Å². The maximum Gasteiger partial charge on any atom is 0.303 e. The van der Waals surface area contributed by atoms with Crippen LogP contribution in [0.25, 0.3) is 0 Å². The van der Waals surface area contributed by atoms with Crippen LogP contribution >= 0.6 is 0 Å². The van der Waals surface area contributed by atoms with Crippen LogP contribution in [0.5, 0.6) is 0 Å². The zero-order valence-electron chi connectivity index (χ0n) is 13.2. The van der Waals surface area contributed by atoms with Gasteiger partial charge in [0.2, 0.25) is 0 Å². The lowest BCUT2D eigenvalue weighted by Gasteiger charge is -2.42. The van der Waals surface area contributed by atoms with Crippen molar-refractivity contribution < 1.29 is 32.9 Å². The van der Waals surface area contributed by atoms with Crippen LogP contribution in [0.4, 0.5) is 4.39 Å². The van der Waals surface area contributed by atoms with Gasteiger partial charge in [0.05, 0.1) is 11.7 Å². The number of carbonyl (C=O) groups excluding carboxylic acids is 2.